The van der Waals surface area contributed by atoms with Crippen LogP contribution in [0.1, 0.15) is 42.6 Å². The fourth-order valence-corrected chi connectivity index (χ4v) is 5.92. The minimum atomic E-state index is -0.708. The summed E-state index contributed by atoms with van der Waals surface area (Å²) in [5, 5.41) is 11.1. The van der Waals surface area contributed by atoms with Gasteiger partial charge in [-0.05, 0) is 49.7 Å². The van der Waals surface area contributed by atoms with Crippen molar-refractivity contribution in [3.05, 3.63) is 24.0 Å². The molecule has 2 N–H and O–H groups in total. The van der Waals surface area contributed by atoms with E-state index in [-0.39, 0.29) is 17.9 Å². The summed E-state index contributed by atoms with van der Waals surface area (Å²) in [7, 11) is 0. The second kappa shape index (κ2) is 6.63. The number of nitrogens with one attached hydrogen (secondary N) is 1. The van der Waals surface area contributed by atoms with Crippen molar-refractivity contribution in [1.82, 2.24) is 14.8 Å². The van der Waals surface area contributed by atoms with E-state index in [4.69, 9.17) is 4.74 Å². The van der Waals surface area contributed by atoms with Crippen LogP contribution in [-0.2, 0) is 9.53 Å². The van der Waals surface area contributed by atoms with Gasteiger partial charge in [0.1, 0.15) is 17.9 Å². The highest BCUT2D eigenvalue weighted by Gasteiger charge is 2.52. The average molecular weight is 373 g/mol. The van der Waals surface area contributed by atoms with E-state index >= 15 is 0 Å². The Balaban J connectivity index is 1.32. The number of aliphatic hydroxyl groups excluding tert-OH is 1. The van der Waals surface area contributed by atoms with Crippen molar-refractivity contribution >= 4 is 11.9 Å². The number of rotatable bonds is 2. The molecule has 5 rings (SSSR count). The molecule has 1 aromatic heterocycles. The molecule has 2 bridgehead atoms. The van der Waals surface area contributed by atoms with Gasteiger partial charge in [-0.3, -0.25) is 9.69 Å². The van der Waals surface area contributed by atoms with Crippen molar-refractivity contribution in [2.45, 2.75) is 56.4 Å². The Morgan fingerprint density at radius 1 is 1.26 bits per heavy atom. The highest BCUT2D eigenvalue weighted by molar-refractivity contribution is 5.87. The zero-order valence-electron chi connectivity index (χ0n) is 15.4. The number of esters is 1. The number of H-pyrrole nitrogens is 1. The van der Waals surface area contributed by atoms with E-state index in [1.807, 2.05) is 0 Å². The third-order valence-electron chi connectivity index (χ3n) is 7.07. The summed E-state index contributed by atoms with van der Waals surface area (Å²) in [5.41, 5.74) is 0.410. The summed E-state index contributed by atoms with van der Waals surface area (Å²) in [6.45, 7) is 2.50. The van der Waals surface area contributed by atoms with Gasteiger partial charge in [-0.25, -0.2) is 4.79 Å². The molecule has 7 nitrogen and oxygen atoms in total. The maximum absolute atomic E-state index is 12.4. The second-order valence-corrected chi connectivity index (χ2v) is 8.55. The molecule has 146 valence electrons. The van der Waals surface area contributed by atoms with E-state index in [9.17, 15) is 14.7 Å². The fourth-order valence-electron chi connectivity index (χ4n) is 5.92. The number of nitrogens with zero attached hydrogens (tertiary/aromatic N) is 2. The van der Waals surface area contributed by atoms with Crippen molar-refractivity contribution in [2.75, 3.05) is 19.6 Å². The number of hydrogen-bond acceptors (Lipinski definition) is 5. The van der Waals surface area contributed by atoms with Gasteiger partial charge < -0.3 is 19.7 Å². The Kier molecular flexibility index (Phi) is 4.24. The van der Waals surface area contributed by atoms with Crippen molar-refractivity contribution in [3.63, 3.8) is 0 Å². The Morgan fingerprint density at radius 2 is 2.15 bits per heavy atom. The number of piperidine rings is 4. The molecule has 27 heavy (non-hydrogen) atoms. The van der Waals surface area contributed by atoms with Crippen LogP contribution < -0.4 is 0 Å². The first-order valence-corrected chi connectivity index (χ1v) is 10.2. The molecule has 5 heterocycles. The van der Waals surface area contributed by atoms with Crippen LogP contribution in [0.25, 0.3) is 0 Å². The van der Waals surface area contributed by atoms with Crippen LogP contribution in [0.15, 0.2) is 18.3 Å². The van der Waals surface area contributed by atoms with Gasteiger partial charge in [-0.2, -0.15) is 0 Å². The SMILES string of the molecule is O=C(O[C@H]1CCN2C[C@@H]3C[C@@H](CN4C(=O)CCC[C@H]34)[C@@H]2[C@@H]1O)c1ccc[nH]1. The molecular formula is C20H27N3O4. The van der Waals surface area contributed by atoms with E-state index < -0.39 is 18.2 Å². The summed E-state index contributed by atoms with van der Waals surface area (Å²) < 4.78 is 5.64. The van der Waals surface area contributed by atoms with Gasteiger partial charge in [0.2, 0.25) is 5.91 Å². The fraction of sp³-hybridized carbons (Fsp3) is 0.700. The molecule has 6 atom stereocenters. The van der Waals surface area contributed by atoms with Gasteiger partial charge in [-0.1, -0.05) is 0 Å². The van der Waals surface area contributed by atoms with E-state index in [2.05, 4.69) is 14.8 Å². The van der Waals surface area contributed by atoms with Crippen molar-refractivity contribution in [3.8, 4) is 0 Å². The lowest BCUT2D eigenvalue weighted by atomic mass is 9.69. The number of fused-ring (bicyclic) bond motifs is 6. The van der Waals surface area contributed by atoms with Crippen molar-refractivity contribution < 1.29 is 19.4 Å². The first kappa shape index (κ1) is 17.3. The van der Waals surface area contributed by atoms with Crippen LogP contribution in [0.3, 0.4) is 0 Å². The molecule has 4 aliphatic rings. The molecule has 0 unspecified atom stereocenters. The number of aromatic nitrogens is 1. The maximum Gasteiger partial charge on any atom is 0.355 e. The van der Waals surface area contributed by atoms with Gasteiger partial charge in [0.15, 0.2) is 0 Å². The average Bonchev–Trinajstić information content (AvgIpc) is 3.20. The van der Waals surface area contributed by atoms with Crippen molar-refractivity contribution in [1.29, 1.82) is 0 Å². The molecule has 0 radical (unpaired) electrons. The molecule has 0 aromatic carbocycles. The molecular weight excluding hydrogens is 346 g/mol. The molecule has 4 saturated heterocycles. The van der Waals surface area contributed by atoms with E-state index in [1.165, 1.54) is 0 Å². The number of hydrogen-bond donors (Lipinski definition) is 2. The third-order valence-corrected chi connectivity index (χ3v) is 7.07. The predicted molar refractivity (Wildman–Crippen MR) is 96.9 cm³/mol. The van der Waals surface area contributed by atoms with Crippen molar-refractivity contribution in [2.24, 2.45) is 11.8 Å². The van der Waals surface area contributed by atoms with Crippen LogP contribution in [0.5, 0.6) is 0 Å². The molecule has 7 heteroatoms. The van der Waals surface area contributed by atoms with E-state index in [1.54, 1.807) is 18.3 Å². The summed E-state index contributed by atoms with van der Waals surface area (Å²) in [6.07, 6.45) is 4.97. The lowest BCUT2D eigenvalue weighted by molar-refractivity contribution is -0.163. The summed E-state index contributed by atoms with van der Waals surface area (Å²) in [4.78, 5) is 32.0. The zero-order chi connectivity index (χ0) is 18.5. The Hall–Kier alpha value is -1.86. The van der Waals surface area contributed by atoms with Crippen LogP contribution in [0.4, 0.5) is 0 Å². The minimum Gasteiger partial charge on any atom is -0.455 e. The zero-order valence-corrected chi connectivity index (χ0v) is 15.4. The van der Waals surface area contributed by atoms with Gasteiger partial charge in [0.25, 0.3) is 0 Å². The Morgan fingerprint density at radius 3 is 2.96 bits per heavy atom. The number of carbonyl (C=O) groups is 2. The molecule has 0 saturated carbocycles. The maximum atomic E-state index is 12.4. The molecule has 0 aliphatic carbocycles. The number of carbonyl (C=O) groups excluding carboxylic acids is 2. The van der Waals surface area contributed by atoms with Gasteiger partial charge in [-0.15, -0.1) is 0 Å². The topological polar surface area (TPSA) is 85.9 Å². The van der Waals surface area contributed by atoms with Gasteiger partial charge in [0, 0.05) is 44.3 Å². The molecule has 4 aliphatic heterocycles. The third kappa shape index (κ3) is 2.88. The number of aromatic amines is 1. The molecule has 4 fully saturated rings. The van der Waals surface area contributed by atoms with E-state index in [0.717, 1.165) is 38.9 Å². The van der Waals surface area contributed by atoms with Crippen LogP contribution >= 0.6 is 0 Å². The quantitative estimate of drug-likeness (QED) is 0.756. The summed E-state index contributed by atoms with van der Waals surface area (Å²) in [5.74, 6) is 0.619. The first-order valence-electron chi connectivity index (χ1n) is 10.2. The largest absolute Gasteiger partial charge is 0.455 e. The monoisotopic (exact) mass is 373 g/mol. The van der Waals surface area contributed by atoms with Gasteiger partial charge in [0.05, 0.1) is 0 Å². The summed E-state index contributed by atoms with van der Waals surface area (Å²) in [6, 6.07) is 3.78. The predicted octanol–water partition coefficient (Wildman–Crippen LogP) is 1.01. The minimum absolute atomic E-state index is 0.0351. The van der Waals surface area contributed by atoms with Crippen LogP contribution in [0, 0.1) is 11.8 Å². The molecule has 1 amide bonds. The second-order valence-electron chi connectivity index (χ2n) is 8.55. The first-order chi connectivity index (χ1) is 13.1. The van der Waals surface area contributed by atoms with Crippen LogP contribution in [0.2, 0.25) is 0 Å². The summed E-state index contributed by atoms with van der Waals surface area (Å²) >= 11 is 0. The number of ether oxygens (including phenoxy) is 1. The van der Waals surface area contributed by atoms with Crippen LogP contribution in [-0.4, -0.2) is 75.7 Å². The molecule has 0 spiro atoms. The standard InChI is InChI=1S/C20H27N3O4/c24-17-5-1-4-15-12-9-13(11-23(15)17)18-19(25)16(6-8-22(18)10-12)27-20(26)14-3-2-7-21-14/h2-3,7,12-13,15-16,18-19,21,25H,1,4-6,8-11H2/t12-,13-,15+,16-,18+,19+/m0/s1. The normalized spacial score (nSPS) is 38.9. The Bertz CT molecular complexity index is 721. The number of amides is 1. The lowest BCUT2D eigenvalue weighted by Gasteiger charge is -2.58. The number of aliphatic hydroxyl groups is 1. The molecule has 1 aromatic rings. The van der Waals surface area contributed by atoms with Gasteiger partial charge >= 0.3 is 5.97 Å². The Labute approximate surface area is 158 Å². The highest BCUT2D eigenvalue weighted by Crippen LogP contribution is 2.43. The van der Waals surface area contributed by atoms with E-state index in [0.29, 0.717) is 30.5 Å². The lowest BCUT2D eigenvalue weighted by Crippen LogP contribution is -2.69. The smallest absolute Gasteiger partial charge is 0.355 e. The highest BCUT2D eigenvalue weighted by atomic mass is 16.6.